The number of aliphatic hydroxyl groups is 1. The summed E-state index contributed by atoms with van der Waals surface area (Å²) in [6, 6.07) is 6.38. The lowest BCUT2D eigenvalue weighted by molar-refractivity contribution is -0.142. The van der Waals surface area contributed by atoms with E-state index < -0.39 is 114 Å². The van der Waals surface area contributed by atoms with Crippen molar-refractivity contribution in [1.82, 2.24) is 46.9 Å². The molecule has 6 aromatic rings. The second-order valence-electron chi connectivity index (χ2n) is 19.8. The number of amides is 7. The molecule has 3 aromatic carbocycles. The molecule has 0 saturated heterocycles. The average Bonchev–Trinajstić information content (AvgIpc) is 4.32. The van der Waals surface area contributed by atoms with Gasteiger partial charge < -0.3 is 90.5 Å². The Morgan fingerprint density at radius 3 is 2.29 bits per heavy atom. The summed E-state index contributed by atoms with van der Waals surface area (Å²) in [5.41, 5.74) is 32.8. The van der Waals surface area contributed by atoms with Gasteiger partial charge in [0.25, 0.3) is 0 Å². The predicted molar refractivity (Wildman–Crippen MR) is 289 cm³/mol. The number of aliphatic imine (C=N–C) groups is 1. The summed E-state index contributed by atoms with van der Waals surface area (Å²) in [6.45, 7) is 1.39. The molecule has 7 amide bonds. The molecular formula is C53H65N15O11. The van der Waals surface area contributed by atoms with Gasteiger partial charge in [0.1, 0.15) is 42.0 Å². The van der Waals surface area contributed by atoms with Crippen molar-refractivity contribution in [2.75, 3.05) is 13.1 Å². The molecule has 3 aliphatic heterocycles. The average molecular weight is 1090 g/mol. The van der Waals surface area contributed by atoms with Crippen molar-refractivity contribution in [3.8, 4) is 5.75 Å². The van der Waals surface area contributed by atoms with Gasteiger partial charge in [0, 0.05) is 70.2 Å². The van der Waals surface area contributed by atoms with Gasteiger partial charge in [-0.1, -0.05) is 42.5 Å². The molecule has 0 radical (unpaired) electrons. The number of para-hydroxylation sites is 2. The minimum Gasteiger partial charge on any atom is -0.481 e. The molecule has 21 N–H and O–H groups in total. The van der Waals surface area contributed by atoms with Gasteiger partial charge in [-0.2, -0.15) is 0 Å². The first kappa shape index (κ1) is 56.2. The highest BCUT2D eigenvalue weighted by Crippen LogP contribution is 2.37. The van der Waals surface area contributed by atoms with Crippen LogP contribution in [0.25, 0.3) is 32.7 Å². The zero-order chi connectivity index (χ0) is 56.7. The van der Waals surface area contributed by atoms with Gasteiger partial charge in [0.15, 0.2) is 12.1 Å². The molecule has 10 atom stereocenters. The molecule has 0 aliphatic carbocycles. The Labute approximate surface area is 451 Å². The van der Waals surface area contributed by atoms with E-state index in [1.807, 2.05) is 18.2 Å². The summed E-state index contributed by atoms with van der Waals surface area (Å²) in [4.78, 5) is 126. The molecular weight excluding hydrogens is 1020 g/mol. The number of rotatable bonds is 17. The Bertz CT molecular complexity index is 3310. The van der Waals surface area contributed by atoms with Gasteiger partial charge in [-0.3, -0.25) is 38.6 Å². The molecule has 6 heterocycles. The number of carbonyl (C=O) groups excluding carboxylic acids is 7. The van der Waals surface area contributed by atoms with E-state index in [1.54, 1.807) is 61.1 Å². The predicted octanol–water partition coefficient (Wildman–Crippen LogP) is -1.48. The van der Waals surface area contributed by atoms with Gasteiger partial charge in [-0.15, -0.1) is 0 Å². The molecule has 3 aromatic heterocycles. The summed E-state index contributed by atoms with van der Waals surface area (Å²) in [7, 11) is 0. The standard InChI is InChI=1S/C53H65N15O11/c1-24(69)41-49(74)67-43(50(75)63-35(11-6-16-59-53(57)58)47(72)65-38(52(77)78)19-27-21-60-34-10-3-2-7-28(27)34)29(9-5-15-54)25-13-14-31-32(23-61-36(31)18-25)45-44(51(76)66-41)68-48(73)37(20-40(56)70)64-46(71)33(55)17-26-22-62-42-30(26)8-4-12-39(42)79-45/h2-4,7-8,10,12-14,18,21-24,29,33,35,37-38,41,43-45,60-62,69H,5-6,9,11,15-17,19-20,54-55H2,1H3,(H2,56,70)(H,63,75)(H,64,71)(H,65,72)(H,66,76)(H,67,74)(H,68,73)(H,77,78)(H4,57,58,59)/t24-,29-,33-,35-,37-,38-,41-,43-,44-,45+/m0/s1. The van der Waals surface area contributed by atoms with Crippen molar-refractivity contribution < 1.29 is 53.3 Å². The first-order chi connectivity index (χ1) is 37.8. The fourth-order valence-electron chi connectivity index (χ4n) is 10.2. The maximum Gasteiger partial charge on any atom is 0.326 e. The molecule has 8 bridgehead atoms. The maximum absolute atomic E-state index is 15.2. The molecule has 0 fully saturated rings. The molecule has 3 aliphatic rings. The Hall–Kier alpha value is -9.01. The summed E-state index contributed by atoms with van der Waals surface area (Å²) in [5.74, 6) is -9.11. The van der Waals surface area contributed by atoms with E-state index >= 15 is 9.59 Å². The number of H-pyrrole nitrogens is 3. The number of carboxylic acids is 1. The van der Waals surface area contributed by atoms with Gasteiger partial charge in [-0.25, -0.2) is 4.79 Å². The third-order valence-electron chi connectivity index (χ3n) is 14.2. The molecule has 79 heavy (non-hydrogen) atoms. The highest BCUT2D eigenvalue weighted by molar-refractivity contribution is 6.00. The smallest absolute Gasteiger partial charge is 0.326 e. The first-order valence-corrected chi connectivity index (χ1v) is 25.8. The monoisotopic (exact) mass is 1090 g/mol. The number of hydrogen-bond donors (Lipinski definition) is 16. The minimum absolute atomic E-state index is 0.00789. The Balaban J connectivity index is 1.21. The minimum atomic E-state index is -1.87. The topological polar surface area (TPSA) is 448 Å². The number of aliphatic hydroxyl groups excluding tert-OH is 1. The second kappa shape index (κ2) is 24.5. The summed E-state index contributed by atoms with van der Waals surface area (Å²) >= 11 is 0. The number of carboxylic acid groups (broad SMARTS) is 1. The summed E-state index contributed by atoms with van der Waals surface area (Å²) in [5, 5.41) is 39.3. The van der Waals surface area contributed by atoms with Gasteiger partial charge in [-0.05, 0) is 80.5 Å². The zero-order valence-electron chi connectivity index (χ0n) is 43.0. The number of aromatic amines is 3. The lowest BCUT2D eigenvalue weighted by Gasteiger charge is -2.34. The van der Waals surface area contributed by atoms with E-state index in [0.717, 1.165) is 10.9 Å². The molecule has 9 rings (SSSR count). The van der Waals surface area contributed by atoms with Crippen LogP contribution in [0.1, 0.15) is 73.3 Å². The molecule has 26 nitrogen and oxygen atoms in total. The lowest BCUT2D eigenvalue weighted by atomic mass is 9.85. The van der Waals surface area contributed by atoms with Crippen LogP contribution in [-0.4, -0.2) is 140 Å². The van der Waals surface area contributed by atoms with Crippen molar-refractivity contribution in [2.45, 2.75) is 112 Å². The number of hydrogen-bond acceptors (Lipinski definition) is 13. The van der Waals surface area contributed by atoms with E-state index in [2.05, 4.69) is 51.8 Å². The van der Waals surface area contributed by atoms with Crippen molar-refractivity contribution in [3.05, 3.63) is 102 Å². The van der Waals surface area contributed by atoms with Crippen LogP contribution >= 0.6 is 0 Å². The summed E-state index contributed by atoms with van der Waals surface area (Å²) in [6.07, 6.45) is 1.34. The number of aromatic nitrogens is 3. The SMILES string of the molecule is C[C@H](O)[C@@H]1NC(=O)[C@H]2NC(=O)[C@H](CC(N)=O)NC(=O)[C@@H](N)Cc3c[nH]c4c(cccc34)O[C@@H]2c2c[nH]c3cc(ccc23)[C@H](CCCN)[C@@H](C(=O)N[C@@H](CCCN=C(N)N)C(=O)N[C@@H](Cc2c[nH]c3ccccc23)C(=O)O)NC1=O. The van der Waals surface area contributed by atoms with Gasteiger partial charge >= 0.3 is 5.97 Å². The largest absolute Gasteiger partial charge is 0.481 e. The van der Waals surface area contributed by atoms with Crippen LogP contribution in [0.4, 0.5) is 0 Å². The first-order valence-electron chi connectivity index (χ1n) is 25.8. The zero-order valence-corrected chi connectivity index (χ0v) is 43.0. The van der Waals surface area contributed by atoms with Crippen molar-refractivity contribution in [2.24, 2.45) is 33.7 Å². The number of nitrogens with one attached hydrogen (secondary N) is 9. The third kappa shape index (κ3) is 12.9. The van der Waals surface area contributed by atoms with Crippen LogP contribution in [0.3, 0.4) is 0 Å². The highest BCUT2D eigenvalue weighted by atomic mass is 16.5. The van der Waals surface area contributed by atoms with Crippen LogP contribution in [0, 0.1) is 0 Å². The molecule has 26 heteroatoms. The number of fused-ring (bicyclic) bond motifs is 8. The van der Waals surface area contributed by atoms with E-state index in [0.29, 0.717) is 50.5 Å². The van der Waals surface area contributed by atoms with E-state index in [4.69, 9.17) is 33.4 Å². The van der Waals surface area contributed by atoms with Crippen molar-refractivity contribution in [1.29, 1.82) is 0 Å². The van der Waals surface area contributed by atoms with Crippen LogP contribution in [0.2, 0.25) is 0 Å². The number of guanidine groups is 1. The van der Waals surface area contributed by atoms with Crippen LogP contribution in [-0.2, 0) is 51.2 Å². The van der Waals surface area contributed by atoms with Crippen molar-refractivity contribution in [3.63, 3.8) is 0 Å². The lowest BCUT2D eigenvalue weighted by Crippen LogP contribution is -2.63. The Morgan fingerprint density at radius 1 is 0.797 bits per heavy atom. The number of benzene rings is 3. The number of aliphatic carboxylic acids is 1. The fourth-order valence-corrected chi connectivity index (χ4v) is 10.2. The quantitative estimate of drug-likeness (QED) is 0.0281. The third-order valence-corrected chi connectivity index (χ3v) is 14.2. The second-order valence-corrected chi connectivity index (χ2v) is 19.8. The molecule has 0 unspecified atom stereocenters. The Kier molecular flexibility index (Phi) is 17.5. The highest BCUT2D eigenvalue weighted by Gasteiger charge is 2.43. The van der Waals surface area contributed by atoms with E-state index in [1.165, 1.54) is 6.92 Å². The Morgan fingerprint density at radius 2 is 1.56 bits per heavy atom. The number of carbonyl (C=O) groups is 8. The number of ether oxygens (including phenoxy) is 1. The fraction of sp³-hybridized carbons (Fsp3) is 0.377. The van der Waals surface area contributed by atoms with Gasteiger partial charge in [0.05, 0.1) is 24.1 Å². The number of nitrogens with zero attached hydrogens (tertiary/aromatic N) is 1. The molecule has 418 valence electrons. The van der Waals surface area contributed by atoms with Crippen LogP contribution in [0.5, 0.6) is 5.75 Å². The van der Waals surface area contributed by atoms with Crippen LogP contribution in [0.15, 0.2) is 84.2 Å². The summed E-state index contributed by atoms with van der Waals surface area (Å²) < 4.78 is 6.81. The van der Waals surface area contributed by atoms with Gasteiger partial charge in [0.2, 0.25) is 41.4 Å². The normalized spacial score (nSPS) is 22.0. The van der Waals surface area contributed by atoms with E-state index in [-0.39, 0.29) is 56.9 Å². The number of nitrogens with two attached hydrogens (primary N) is 5. The molecule has 0 saturated carbocycles. The van der Waals surface area contributed by atoms with Crippen LogP contribution < -0.4 is 65.3 Å². The van der Waals surface area contributed by atoms with Crippen molar-refractivity contribution >= 4 is 86.0 Å². The maximum atomic E-state index is 15.2. The number of primary amides is 1. The molecule has 0 spiro atoms. The van der Waals surface area contributed by atoms with E-state index in [9.17, 15) is 39.0 Å².